The average Bonchev–Trinajstić information content (AvgIpc) is 3.56. The Kier molecular flexibility index (Phi) is 59.9. The molecule has 0 heterocycles. The van der Waals surface area contributed by atoms with Crippen LogP contribution in [0.25, 0.3) is 0 Å². The first-order valence-electron chi connectivity index (χ1n) is 27.9. The Balaban J connectivity index is 1.91. The molecule has 0 fully saturated rings. The molecule has 0 unspecified atom stereocenters. The maximum absolute atomic E-state index is 12.0. The van der Waals surface area contributed by atoms with Crippen LogP contribution in [0.5, 0.6) is 11.5 Å². The van der Waals surface area contributed by atoms with Crippen molar-refractivity contribution >= 4 is 11.9 Å². The van der Waals surface area contributed by atoms with Crippen LogP contribution in [-0.4, -0.2) is 327 Å². The Morgan fingerprint density at radius 3 is 0.476 bits per heavy atom. The van der Waals surface area contributed by atoms with E-state index in [0.717, 1.165) is 12.1 Å². The number of hydrogen-bond donors (Lipinski definition) is 2. The van der Waals surface area contributed by atoms with Crippen LogP contribution in [0.1, 0.15) is 20.7 Å². The van der Waals surface area contributed by atoms with Gasteiger partial charge in [0.25, 0.3) is 0 Å². The molecule has 0 aliphatic carbocycles. The minimum atomic E-state index is -1.32. The van der Waals surface area contributed by atoms with Crippen molar-refractivity contribution in [3.63, 3.8) is 0 Å². The highest BCUT2D eigenvalue weighted by atomic mass is 16.6. The van der Waals surface area contributed by atoms with E-state index in [-0.39, 0.29) is 62.3 Å². The molecule has 1 rings (SSSR count). The predicted octanol–water partition coefficient (Wildman–Crippen LogP) is 1.47. The van der Waals surface area contributed by atoms with Crippen LogP contribution in [0.2, 0.25) is 0 Å². The first-order chi connectivity index (χ1) is 40.5. The lowest BCUT2D eigenvalue weighted by atomic mass is 10.1. The Morgan fingerprint density at radius 1 is 0.232 bits per heavy atom. The average molecular weight is 1200 g/mol. The summed E-state index contributed by atoms with van der Waals surface area (Å²) >= 11 is 0. The molecule has 28 heteroatoms. The molecule has 1 aromatic rings. The largest absolute Gasteiger partial charge is 0.490 e. The molecule has 2 N–H and O–H groups in total. The van der Waals surface area contributed by atoms with Crippen molar-refractivity contribution in [2.24, 2.45) is 0 Å². The van der Waals surface area contributed by atoms with Gasteiger partial charge in [0.15, 0.2) is 0 Å². The van der Waals surface area contributed by atoms with Crippen LogP contribution < -0.4 is 9.47 Å². The molecule has 0 aliphatic rings. The van der Waals surface area contributed by atoms with Gasteiger partial charge < -0.3 is 124 Å². The molecule has 1 aromatic carbocycles. The van der Waals surface area contributed by atoms with Crippen molar-refractivity contribution < 1.29 is 133 Å². The summed E-state index contributed by atoms with van der Waals surface area (Å²) in [6, 6.07) is 2.23. The Hall–Kier alpha value is -3.12. The normalized spacial score (nSPS) is 11.5. The zero-order valence-corrected chi connectivity index (χ0v) is 48.8. The van der Waals surface area contributed by atoms with Gasteiger partial charge in [0.2, 0.25) is 0 Å². The third kappa shape index (κ3) is 53.6. The summed E-state index contributed by atoms with van der Waals surface area (Å²) in [6.45, 7) is 18.1. The number of aromatic carboxylic acids is 2. The third-order valence-electron chi connectivity index (χ3n) is 10.1. The van der Waals surface area contributed by atoms with Crippen molar-refractivity contribution in [2.45, 2.75) is 0 Å². The second-order valence-electron chi connectivity index (χ2n) is 16.4. The van der Waals surface area contributed by atoms with Gasteiger partial charge in [-0.3, -0.25) is 0 Å². The number of rotatable bonds is 70. The molecule has 28 nitrogen and oxygen atoms in total. The van der Waals surface area contributed by atoms with E-state index in [1.165, 1.54) is 0 Å². The summed E-state index contributed by atoms with van der Waals surface area (Å²) in [6.07, 6.45) is 0. The molecule has 0 atom stereocenters. The number of carboxylic acids is 2. The van der Waals surface area contributed by atoms with Gasteiger partial charge in [0.05, 0.1) is 277 Å². The molecular formula is C54H98O28. The van der Waals surface area contributed by atoms with Crippen LogP contribution in [0.4, 0.5) is 0 Å². The number of benzene rings is 1. The molecule has 0 radical (unpaired) electrons. The molecule has 0 aliphatic heterocycles. The third-order valence-corrected chi connectivity index (χ3v) is 10.1. The summed E-state index contributed by atoms with van der Waals surface area (Å²) < 4.78 is 130. The van der Waals surface area contributed by atoms with Crippen molar-refractivity contribution in [1.82, 2.24) is 0 Å². The van der Waals surface area contributed by atoms with Crippen molar-refractivity contribution in [3.8, 4) is 11.5 Å². The molecule has 0 saturated heterocycles. The lowest BCUT2D eigenvalue weighted by molar-refractivity contribution is -0.0273. The van der Waals surface area contributed by atoms with E-state index in [2.05, 4.69) is 0 Å². The van der Waals surface area contributed by atoms with Crippen LogP contribution in [0.3, 0.4) is 0 Å². The van der Waals surface area contributed by atoms with Gasteiger partial charge in [0, 0.05) is 14.2 Å². The number of carboxylic acid groups (broad SMARTS) is 2. The fraction of sp³-hybridized carbons (Fsp3) is 0.852. The Morgan fingerprint density at radius 2 is 0.354 bits per heavy atom. The quantitative estimate of drug-likeness (QED) is 0.0873. The standard InChI is InChI=1S/C54H98O28/c1-59-3-5-61-7-9-63-11-13-65-15-17-67-19-21-69-23-25-71-27-29-73-31-33-75-35-37-77-39-41-79-43-45-81-51-47-50(54(57)58)52(48-49(51)53(55)56)82-46-44-80-42-40-78-38-36-76-34-32-74-30-28-72-26-24-70-22-20-68-18-16-66-14-12-64-10-8-62-6-4-60-2/h47-48H,3-46H2,1-2H3,(H,55,56)(H,57,58). The molecular weight excluding hydrogens is 1100 g/mol. The first-order valence-corrected chi connectivity index (χ1v) is 27.9. The molecule has 0 saturated carbocycles. The van der Waals surface area contributed by atoms with Crippen LogP contribution in [0.15, 0.2) is 12.1 Å². The van der Waals surface area contributed by atoms with Crippen LogP contribution >= 0.6 is 0 Å². The zero-order valence-electron chi connectivity index (χ0n) is 48.8. The van der Waals surface area contributed by atoms with Gasteiger partial charge in [0.1, 0.15) is 35.8 Å². The summed E-state index contributed by atoms with van der Waals surface area (Å²) in [7, 11) is 3.27. The molecule has 482 valence electrons. The number of methoxy groups -OCH3 is 2. The van der Waals surface area contributed by atoms with E-state index in [4.69, 9.17) is 114 Å². The van der Waals surface area contributed by atoms with Gasteiger partial charge in [-0.2, -0.15) is 0 Å². The monoisotopic (exact) mass is 1190 g/mol. The first kappa shape index (κ1) is 76.9. The van der Waals surface area contributed by atoms with Crippen molar-refractivity contribution in [3.05, 3.63) is 23.3 Å². The van der Waals surface area contributed by atoms with E-state index in [1.807, 2.05) is 0 Å². The molecule has 0 aromatic heterocycles. The van der Waals surface area contributed by atoms with Gasteiger partial charge in [-0.15, -0.1) is 0 Å². The summed E-state index contributed by atoms with van der Waals surface area (Å²) in [5.74, 6) is -2.91. The second kappa shape index (κ2) is 63.9. The number of hydrogen-bond acceptors (Lipinski definition) is 26. The van der Waals surface area contributed by atoms with E-state index in [9.17, 15) is 19.8 Å². The van der Waals surface area contributed by atoms with Gasteiger partial charge in [-0.25, -0.2) is 9.59 Å². The minimum Gasteiger partial charge on any atom is -0.490 e. The summed E-state index contributed by atoms with van der Waals surface area (Å²) in [5, 5.41) is 19.6. The molecule has 0 amide bonds. The summed E-state index contributed by atoms with van der Waals surface area (Å²) in [5.41, 5.74) is -0.533. The SMILES string of the molecule is COCCOCCOCCOCCOCCOCCOCCOCCOCCOCCOCCOc1cc(C(=O)O)c(OCCOCCOCCOCCOCCOCCOCCOCCOCCOCCOCCOC)cc1C(=O)O. The lowest BCUT2D eigenvalue weighted by Crippen LogP contribution is -2.16. The van der Waals surface area contributed by atoms with Crippen LogP contribution in [0, 0.1) is 0 Å². The van der Waals surface area contributed by atoms with E-state index < -0.39 is 11.9 Å². The fourth-order valence-corrected chi connectivity index (χ4v) is 6.00. The van der Waals surface area contributed by atoms with E-state index in [1.54, 1.807) is 14.2 Å². The van der Waals surface area contributed by atoms with Crippen LogP contribution in [-0.2, 0) is 104 Å². The lowest BCUT2D eigenvalue weighted by Gasteiger charge is -2.15. The molecule has 0 spiro atoms. The van der Waals surface area contributed by atoms with Crippen molar-refractivity contribution in [1.29, 1.82) is 0 Å². The van der Waals surface area contributed by atoms with Gasteiger partial charge >= 0.3 is 11.9 Å². The fourth-order valence-electron chi connectivity index (χ4n) is 6.00. The van der Waals surface area contributed by atoms with E-state index >= 15 is 0 Å². The zero-order chi connectivity index (χ0) is 59.0. The molecule has 0 bridgehead atoms. The Bertz CT molecular complexity index is 1400. The highest BCUT2D eigenvalue weighted by molar-refractivity contribution is 5.97. The van der Waals surface area contributed by atoms with E-state index in [0.29, 0.717) is 251 Å². The maximum Gasteiger partial charge on any atom is 0.339 e. The maximum atomic E-state index is 12.0. The second-order valence-corrected chi connectivity index (χ2v) is 16.4. The van der Waals surface area contributed by atoms with Gasteiger partial charge in [-0.05, 0) is 12.1 Å². The minimum absolute atomic E-state index is 0.0340. The summed E-state index contributed by atoms with van der Waals surface area (Å²) in [4.78, 5) is 24.0. The number of carbonyl (C=O) groups is 2. The molecule has 82 heavy (non-hydrogen) atoms. The topological polar surface area (TPSA) is 296 Å². The van der Waals surface area contributed by atoms with Crippen molar-refractivity contribution in [2.75, 3.05) is 305 Å². The smallest absolute Gasteiger partial charge is 0.339 e. The van der Waals surface area contributed by atoms with Gasteiger partial charge in [-0.1, -0.05) is 0 Å². The predicted molar refractivity (Wildman–Crippen MR) is 291 cm³/mol. The highest BCUT2D eigenvalue weighted by Crippen LogP contribution is 2.29. The Labute approximate surface area is 484 Å². The highest BCUT2D eigenvalue weighted by Gasteiger charge is 2.21. The number of ether oxygens (including phenoxy) is 24.